The zero-order chi connectivity index (χ0) is 14.8. The molecule has 1 unspecified atom stereocenters. The summed E-state index contributed by atoms with van der Waals surface area (Å²) in [5.74, 6) is 0.733. The van der Waals surface area contributed by atoms with Gasteiger partial charge in [0.25, 0.3) is 5.91 Å². The number of carbonyl (C=O) groups excluding carboxylic acids is 1. The molecule has 2 aromatic rings. The van der Waals surface area contributed by atoms with Crippen molar-refractivity contribution in [3.8, 4) is 11.5 Å². The predicted molar refractivity (Wildman–Crippen MR) is 79.4 cm³/mol. The zero-order valence-corrected chi connectivity index (χ0v) is 11.4. The molecule has 0 bridgehead atoms. The molecular formula is C16H16N2O3. The van der Waals surface area contributed by atoms with Crippen LogP contribution in [-0.2, 0) is 6.42 Å². The first-order chi connectivity index (χ1) is 10.1. The number of fused-ring (bicyclic) bond motifs is 1. The molecule has 0 aromatic heterocycles. The van der Waals surface area contributed by atoms with Crippen molar-refractivity contribution in [3.05, 3.63) is 53.6 Å². The fraction of sp³-hybridized carbons (Fsp3) is 0.188. The third-order valence-corrected chi connectivity index (χ3v) is 3.41. The second-order valence-electron chi connectivity index (χ2n) is 4.98. The summed E-state index contributed by atoms with van der Waals surface area (Å²) in [6, 6.07) is 12.7. The van der Waals surface area contributed by atoms with Gasteiger partial charge in [0.05, 0.1) is 5.56 Å². The normalized spacial score (nSPS) is 16.1. The van der Waals surface area contributed by atoms with Gasteiger partial charge in [-0.15, -0.1) is 0 Å². The highest BCUT2D eigenvalue weighted by Crippen LogP contribution is 2.29. The van der Waals surface area contributed by atoms with Crippen LogP contribution in [0, 0.1) is 0 Å². The van der Waals surface area contributed by atoms with Gasteiger partial charge in [-0.1, -0.05) is 18.2 Å². The molecule has 5 nitrogen and oxygen atoms in total. The Morgan fingerprint density at radius 1 is 1.29 bits per heavy atom. The van der Waals surface area contributed by atoms with Crippen LogP contribution in [0.5, 0.6) is 11.5 Å². The Morgan fingerprint density at radius 3 is 2.86 bits per heavy atom. The molecule has 0 saturated carbocycles. The maximum absolute atomic E-state index is 11.4. The molecule has 3 rings (SSSR count). The average molecular weight is 284 g/mol. The van der Waals surface area contributed by atoms with Crippen molar-refractivity contribution in [1.82, 2.24) is 0 Å². The molecule has 1 heterocycles. The van der Waals surface area contributed by atoms with Gasteiger partial charge in [0.2, 0.25) is 0 Å². The molecule has 0 aliphatic carbocycles. The van der Waals surface area contributed by atoms with E-state index >= 15 is 0 Å². The number of nitrogen functional groups attached to an aromatic ring is 1. The third-order valence-electron chi connectivity index (χ3n) is 3.41. The molecule has 1 aliphatic heterocycles. The first kappa shape index (κ1) is 13.3. The highest BCUT2D eigenvalue weighted by molar-refractivity contribution is 5.96. The largest absolute Gasteiger partial charge is 0.489 e. The van der Waals surface area contributed by atoms with Crippen molar-refractivity contribution in [2.24, 2.45) is 5.73 Å². The summed E-state index contributed by atoms with van der Waals surface area (Å²) in [6.07, 6.45) is 0.703. The monoisotopic (exact) mass is 284 g/mol. The lowest BCUT2D eigenvalue weighted by Gasteiger charge is -2.14. The van der Waals surface area contributed by atoms with Crippen LogP contribution in [0.3, 0.4) is 0 Å². The van der Waals surface area contributed by atoms with Crippen molar-refractivity contribution in [1.29, 1.82) is 0 Å². The van der Waals surface area contributed by atoms with Crippen LogP contribution in [-0.4, -0.2) is 18.6 Å². The number of nitrogens with two attached hydrogens (primary N) is 2. The number of para-hydroxylation sites is 1. The SMILES string of the molecule is NC(=O)c1ccc(N)cc1OCC1Cc2ccccc2O1. The summed E-state index contributed by atoms with van der Waals surface area (Å²) >= 11 is 0. The molecule has 2 aromatic carbocycles. The molecule has 0 fully saturated rings. The Balaban J connectivity index is 1.69. The van der Waals surface area contributed by atoms with E-state index < -0.39 is 5.91 Å². The van der Waals surface area contributed by atoms with Crippen LogP contribution < -0.4 is 20.9 Å². The van der Waals surface area contributed by atoms with E-state index in [1.807, 2.05) is 24.3 Å². The number of hydrogen-bond donors (Lipinski definition) is 2. The molecule has 4 N–H and O–H groups in total. The first-order valence-corrected chi connectivity index (χ1v) is 6.70. The standard InChI is InChI=1S/C16H16N2O3/c17-11-5-6-13(16(18)19)15(8-11)20-9-12-7-10-3-1-2-4-14(10)21-12/h1-6,8,12H,7,9,17H2,(H2,18,19). The lowest BCUT2D eigenvalue weighted by Crippen LogP contribution is -2.23. The minimum absolute atomic E-state index is 0.0791. The fourth-order valence-corrected chi connectivity index (χ4v) is 2.39. The van der Waals surface area contributed by atoms with Crippen molar-refractivity contribution in [2.75, 3.05) is 12.3 Å². The average Bonchev–Trinajstić information content (AvgIpc) is 2.87. The summed E-state index contributed by atoms with van der Waals surface area (Å²) in [4.78, 5) is 11.4. The molecule has 0 saturated heterocycles. The second kappa shape index (κ2) is 5.36. The number of hydrogen-bond acceptors (Lipinski definition) is 4. The Kier molecular flexibility index (Phi) is 3.39. The molecule has 1 atom stereocenters. The van der Waals surface area contributed by atoms with Crippen LogP contribution in [0.2, 0.25) is 0 Å². The summed E-state index contributed by atoms with van der Waals surface area (Å²) < 4.78 is 11.5. The van der Waals surface area contributed by atoms with Crippen molar-refractivity contribution >= 4 is 11.6 Å². The zero-order valence-electron chi connectivity index (χ0n) is 11.4. The van der Waals surface area contributed by atoms with Crippen LogP contribution >= 0.6 is 0 Å². The summed E-state index contributed by atoms with van der Waals surface area (Å²) in [7, 11) is 0. The van der Waals surface area contributed by atoms with Crippen molar-refractivity contribution in [2.45, 2.75) is 12.5 Å². The predicted octanol–water partition coefficient (Wildman–Crippen LogP) is 1.75. The second-order valence-corrected chi connectivity index (χ2v) is 4.98. The quantitative estimate of drug-likeness (QED) is 0.837. The number of benzene rings is 2. The van der Waals surface area contributed by atoms with E-state index in [-0.39, 0.29) is 6.10 Å². The van der Waals surface area contributed by atoms with Crippen LogP contribution in [0.1, 0.15) is 15.9 Å². The van der Waals surface area contributed by atoms with E-state index in [4.69, 9.17) is 20.9 Å². The number of carbonyl (C=O) groups is 1. The van der Waals surface area contributed by atoms with Gasteiger partial charge in [0, 0.05) is 18.2 Å². The molecule has 1 amide bonds. The lowest BCUT2D eigenvalue weighted by molar-refractivity contribution is 0.0991. The van der Waals surface area contributed by atoms with Gasteiger partial charge in [0.15, 0.2) is 0 Å². The van der Waals surface area contributed by atoms with Gasteiger partial charge in [-0.2, -0.15) is 0 Å². The molecule has 108 valence electrons. The number of rotatable bonds is 4. The van der Waals surface area contributed by atoms with Gasteiger partial charge >= 0.3 is 0 Å². The molecule has 5 heteroatoms. The smallest absolute Gasteiger partial charge is 0.252 e. The minimum atomic E-state index is -0.541. The summed E-state index contributed by atoms with van der Waals surface area (Å²) in [5, 5.41) is 0. The Hall–Kier alpha value is -2.69. The Labute approximate surface area is 122 Å². The summed E-state index contributed by atoms with van der Waals surface area (Å²) in [6.45, 7) is 0.332. The molecule has 0 radical (unpaired) electrons. The third kappa shape index (κ3) is 2.76. The number of amides is 1. The minimum Gasteiger partial charge on any atom is -0.489 e. The van der Waals surface area contributed by atoms with Crippen molar-refractivity contribution in [3.63, 3.8) is 0 Å². The maximum Gasteiger partial charge on any atom is 0.252 e. The van der Waals surface area contributed by atoms with E-state index in [0.717, 1.165) is 17.7 Å². The van der Waals surface area contributed by atoms with Crippen LogP contribution in [0.4, 0.5) is 5.69 Å². The van der Waals surface area contributed by atoms with Crippen LogP contribution in [0.25, 0.3) is 0 Å². The highest BCUT2D eigenvalue weighted by Gasteiger charge is 2.23. The Bertz CT molecular complexity index is 660. The fourth-order valence-electron chi connectivity index (χ4n) is 2.39. The molecule has 0 spiro atoms. The Morgan fingerprint density at radius 2 is 2.10 bits per heavy atom. The van der Waals surface area contributed by atoms with E-state index in [1.54, 1.807) is 18.2 Å². The lowest BCUT2D eigenvalue weighted by atomic mass is 10.1. The van der Waals surface area contributed by atoms with E-state index in [2.05, 4.69) is 0 Å². The molecular weight excluding hydrogens is 268 g/mol. The maximum atomic E-state index is 11.4. The van der Waals surface area contributed by atoms with Gasteiger partial charge < -0.3 is 20.9 Å². The van der Waals surface area contributed by atoms with Gasteiger partial charge in [-0.25, -0.2) is 0 Å². The molecule has 1 aliphatic rings. The number of anilines is 1. The van der Waals surface area contributed by atoms with E-state index in [0.29, 0.717) is 23.6 Å². The van der Waals surface area contributed by atoms with Crippen molar-refractivity contribution < 1.29 is 14.3 Å². The van der Waals surface area contributed by atoms with E-state index in [9.17, 15) is 4.79 Å². The van der Waals surface area contributed by atoms with Crippen LogP contribution in [0.15, 0.2) is 42.5 Å². The molecule has 21 heavy (non-hydrogen) atoms. The van der Waals surface area contributed by atoms with Gasteiger partial charge in [-0.05, 0) is 23.8 Å². The summed E-state index contributed by atoms with van der Waals surface area (Å²) in [5.41, 5.74) is 13.0. The number of primary amides is 1. The highest BCUT2D eigenvalue weighted by atomic mass is 16.5. The first-order valence-electron chi connectivity index (χ1n) is 6.70. The number of ether oxygens (including phenoxy) is 2. The van der Waals surface area contributed by atoms with Gasteiger partial charge in [-0.3, -0.25) is 4.79 Å². The van der Waals surface area contributed by atoms with Gasteiger partial charge in [0.1, 0.15) is 24.2 Å². The van der Waals surface area contributed by atoms with E-state index in [1.165, 1.54) is 0 Å². The topological polar surface area (TPSA) is 87.6 Å².